The van der Waals surface area contributed by atoms with Gasteiger partial charge in [0.15, 0.2) is 21.5 Å². The molecule has 0 aliphatic heterocycles. The summed E-state index contributed by atoms with van der Waals surface area (Å²) in [5.41, 5.74) is -0.633. The van der Waals surface area contributed by atoms with Crippen LogP contribution in [0, 0.1) is 11.6 Å². The Morgan fingerprint density at radius 2 is 2.00 bits per heavy atom. The van der Waals surface area contributed by atoms with Crippen molar-refractivity contribution < 1.29 is 27.1 Å². The molecule has 0 saturated heterocycles. The Morgan fingerprint density at radius 3 is 2.47 bits per heavy atom. The van der Waals surface area contributed by atoms with Crippen LogP contribution in [0.25, 0.3) is 0 Å². The third kappa shape index (κ3) is 2.68. The molecule has 7 heteroatoms. The number of benzene rings is 1. The number of rotatable bonds is 4. The molecule has 0 fully saturated rings. The van der Waals surface area contributed by atoms with Gasteiger partial charge in [0.2, 0.25) is 0 Å². The number of carbonyl (C=O) groups is 1. The zero-order chi connectivity index (χ0) is 13.2. The van der Waals surface area contributed by atoms with Crippen LogP contribution in [0.4, 0.5) is 8.78 Å². The first-order chi connectivity index (χ1) is 7.79. The van der Waals surface area contributed by atoms with Gasteiger partial charge in [-0.3, -0.25) is 0 Å². The van der Waals surface area contributed by atoms with Gasteiger partial charge in [0.25, 0.3) is 0 Å². The second kappa shape index (κ2) is 4.62. The number of sulfone groups is 1. The summed E-state index contributed by atoms with van der Waals surface area (Å²) in [7, 11) is -4.12. The number of aromatic carboxylic acids is 1. The van der Waals surface area contributed by atoms with Crippen LogP contribution < -0.4 is 0 Å². The van der Waals surface area contributed by atoms with Gasteiger partial charge in [-0.25, -0.2) is 22.0 Å². The summed E-state index contributed by atoms with van der Waals surface area (Å²) in [5.74, 6) is -5.25. The Kier molecular flexibility index (Phi) is 3.62. The van der Waals surface area contributed by atoms with E-state index in [4.69, 9.17) is 5.11 Å². The molecule has 0 unspecified atom stereocenters. The number of carboxylic acid groups (broad SMARTS) is 1. The van der Waals surface area contributed by atoms with E-state index in [0.29, 0.717) is 12.1 Å². The van der Waals surface area contributed by atoms with E-state index in [1.807, 2.05) is 0 Å². The SMILES string of the molecule is C=CCS(=O)(=O)c1cc(C(=O)O)cc(F)c1F. The lowest BCUT2D eigenvalue weighted by Crippen LogP contribution is -2.11. The average molecular weight is 262 g/mol. The summed E-state index contributed by atoms with van der Waals surface area (Å²) in [5, 5.41) is 8.62. The molecule has 92 valence electrons. The van der Waals surface area contributed by atoms with Gasteiger partial charge in [-0.2, -0.15) is 0 Å². The van der Waals surface area contributed by atoms with Crippen LogP contribution in [-0.4, -0.2) is 25.2 Å². The minimum absolute atomic E-state index is 0.421. The topological polar surface area (TPSA) is 71.4 Å². The predicted molar refractivity (Wildman–Crippen MR) is 55.6 cm³/mol. The molecule has 0 radical (unpaired) electrons. The quantitative estimate of drug-likeness (QED) is 0.837. The van der Waals surface area contributed by atoms with Crippen LogP contribution in [0.15, 0.2) is 29.7 Å². The van der Waals surface area contributed by atoms with E-state index >= 15 is 0 Å². The van der Waals surface area contributed by atoms with E-state index in [0.717, 1.165) is 6.08 Å². The van der Waals surface area contributed by atoms with Gasteiger partial charge in [-0.15, -0.1) is 6.58 Å². The van der Waals surface area contributed by atoms with Gasteiger partial charge in [0, 0.05) is 0 Å². The second-order valence-corrected chi connectivity index (χ2v) is 5.15. The molecule has 0 saturated carbocycles. The number of hydrogen-bond acceptors (Lipinski definition) is 3. The van der Waals surface area contributed by atoms with Gasteiger partial charge < -0.3 is 5.11 Å². The van der Waals surface area contributed by atoms with Crippen molar-refractivity contribution in [2.24, 2.45) is 0 Å². The summed E-state index contributed by atoms with van der Waals surface area (Å²) >= 11 is 0. The van der Waals surface area contributed by atoms with Crippen molar-refractivity contribution in [3.63, 3.8) is 0 Å². The molecule has 1 aromatic carbocycles. The molecule has 1 aromatic rings. The van der Waals surface area contributed by atoms with E-state index in [2.05, 4.69) is 6.58 Å². The summed E-state index contributed by atoms with van der Waals surface area (Å²) in [6.45, 7) is 3.17. The van der Waals surface area contributed by atoms with Gasteiger partial charge >= 0.3 is 5.97 Å². The molecule has 1 N–H and O–H groups in total. The first kappa shape index (κ1) is 13.3. The lowest BCUT2D eigenvalue weighted by atomic mass is 10.2. The summed E-state index contributed by atoms with van der Waals surface area (Å²) in [4.78, 5) is 9.62. The maximum atomic E-state index is 13.3. The third-order valence-electron chi connectivity index (χ3n) is 1.91. The van der Waals surface area contributed by atoms with Crippen LogP contribution in [0.1, 0.15) is 10.4 Å². The highest BCUT2D eigenvalue weighted by Gasteiger charge is 2.23. The third-order valence-corrected chi connectivity index (χ3v) is 3.56. The maximum Gasteiger partial charge on any atom is 0.335 e. The Balaban J connectivity index is 3.53. The van der Waals surface area contributed by atoms with Crippen molar-refractivity contribution >= 4 is 15.8 Å². The van der Waals surface area contributed by atoms with E-state index in [9.17, 15) is 22.0 Å². The Labute approximate surface area is 96.1 Å². The normalized spacial score (nSPS) is 11.2. The van der Waals surface area contributed by atoms with Gasteiger partial charge in [-0.1, -0.05) is 6.08 Å². The molecule has 0 aromatic heterocycles. The number of carboxylic acids is 1. The van der Waals surface area contributed by atoms with Crippen molar-refractivity contribution in [2.45, 2.75) is 4.90 Å². The van der Waals surface area contributed by atoms with E-state index < -0.39 is 43.7 Å². The largest absolute Gasteiger partial charge is 0.478 e. The van der Waals surface area contributed by atoms with Crippen molar-refractivity contribution in [3.05, 3.63) is 42.0 Å². The summed E-state index contributed by atoms with van der Waals surface area (Å²) < 4.78 is 49.3. The molecular formula is C10H8F2O4S. The molecule has 0 aliphatic rings. The Hall–Kier alpha value is -1.76. The molecule has 0 atom stereocenters. The van der Waals surface area contributed by atoms with Crippen LogP contribution >= 0.6 is 0 Å². The molecular weight excluding hydrogens is 254 g/mol. The molecule has 0 spiro atoms. The van der Waals surface area contributed by atoms with Crippen LogP contribution in [-0.2, 0) is 9.84 Å². The monoisotopic (exact) mass is 262 g/mol. The van der Waals surface area contributed by atoms with Crippen molar-refractivity contribution in [3.8, 4) is 0 Å². The van der Waals surface area contributed by atoms with Crippen molar-refractivity contribution in [1.82, 2.24) is 0 Å². The molecule has 0 amide bonds. The minimum Gasteiger partial charge on any atom is -0.478 e. The van der Waals surface area contributed by atoms with Gasteiger partial charge in [0.05, 0.1) is 11.3 Å². The van der Waals surface area contributed by atoms with Crippen LogP contribution in [0.2, 0.25) is 0 Å². The lowest BCUT2D eigenvalue weighted by Gasteiger charge is -2.05. The Morgan fingerprint density at radius 1 is 1.41 bits per heavy atom. The van der Waals surface area contributed by atoms with Crippen molar-refractivity contribution in [1.29, 1.82) is 0 Å². The first-order valence-corrected chi connectivity index (χ1v) is 6.01. The van der Waals surface area contributed by atoms with E-state index in [1.165, 1.54) is 0 Å². The summed E-state index contributed by atoms with van der Waals surface area (Å²) in [6, 6.07) is 1.00. The van der Waals surface area contributed by atoms with Gasteiger partial charge in [0.1, 0.15) is 4.90 Å². The fraction of sp³-hybridized carbons (Fsp3) is 0.100. The minimum atomic E-state index is -4.12. The van der Waals surface area contributed by atoms with E-state index in [-0.39, 0.29) is 0 Å². The highest BCUT2D eigenvalue weighted by molar-refractivity contribution is 7.91. The first-order valence-electron chi connectivity index (χ1n) is 4.35. The number of halogens is 2. The fourth-order valence-corrected chi connectivity index (χ4v) is 2.33. The zero-order valence-corrected chi connectivity index (χ0v) is 9.30. The van der Waals surface area contributed by atoms with Crippen LogP contribution in [0.3, 0.4) is 0 Å². The Bertz CT molecular complexity index is 578. The van der Waals surface area contributed by atoms with Gasteiger partial charge in [-0.05, 0) is 12.1 Å². The smallest absolute Gasteiger partial charge is 0.335 e. The standard InChI is InChI=1S/C10H8F2O4S/c1-2-3-17(15,16)8-5-6(10(13)14)4-7(11)9(8)12/h2,4-5H,1,3H2,(H,13,14). The fourth-order valence-electron chi connectivity index (χ4n) is 1.16. The zero-order valence-electron chi connectivity index (χ0n) is 8.48. The summed E-state index contributed by atoms with van der Waals surface area (Å²) in [6.07, 6.45) is 1.00. The lowest BCUT2D eigenvalue weighted by molar-refractivity contribution is 0.0696. The molecule has 17 heavy (non-hydrogen) atoms. The number of hydrogen-bond donors (Lipinski definition) is 1. The molecule has 1 rings (SSSR count). The molecule has 0 heterocycles. The second-order valence-electron chi connectivity index (χ2n) is 3.15. The highest BCUT2D eigenvalue weighted by atomic mass is 32.2. The highest BCUT2D eigenvalue weighted by Crippen LogP contribution is 2.21. The molecule has 4 nitrogen and oxygen atoms in total. The van der Waals surface area contributed by atoms with E-state index in [1.54, 1.807) is 0 Å². The average Bonchev–Trinajstić information content (AvgIpc) is 2.21. The van der Waals surface area contributed by atoms with Crippen LogP contribution in [0.5, 0.6) is 0 Å². The molecule has 0 aliphatic carbocycles. The maximum absolute atomic E-state index is 13.3. The molecule has 0 bridgehead atoms. The predicted octanol–water partition coefficient (Wildman–Crippen LogP) is 1.62. The van der Waals surface area contributed by atoms with Crippen molar-refractivity contribution in [2.75, 3.05) is 5.75 Å².